The van der Waals surface area contributed by atoms with Crippen LogP contribution in [0.15, 0.2) is 0 Å². The number of hydrogen-bond donors (Lipinski definition) is 1. The molecule has 2 aliphatic rings. The molecule has 0 aromatic carbocycles. The van der Waals surface area contributed by atoms with Gasteiger partial charge in [-0.3, -0.25) is 9.00 Å². The van der Waals surface area contributed by atoms with E-state index >= 15 is 0 Å². The molecule has 0 aromatic heterocycles. The van der Waals surface area contributed by atoms with Crippen LogP contribution in [0.5, 0.6) is 0 Å². The van der Waals surface area contributed by atoms with Crippen LogP contribution in [0.25, 0.3) is 0 Å². The van der Waals surface area contributed by atoms with Crippen molar-refractivity contribution in [3.63, 3.8) is 0 Å². The quantitative estimate of drug-likeness (QED) is 0.694. The van der Waals surface area contributed by atoms with E-state index in [1.165, 1.54) is 0 Å². The SMILES string of the molecule is O=C(O)C1CC2CCCC(C1)S2=O. The van der Waals surface area contributed by atoms with Gasteiger partial charge in [0.1, 0.15) is 0 Å². The first-order valence-electron chi connectivity index (χ1n) is 4.80. The van der Waals surface area contributed by atoms with E-state index < -0.39 is 16.8 Å². The minimum absolute atomic E-state index is 0.175. The first-order valence-corrected chi connectivity index (χ1v) is 6.08. The fourth-order valence-electron chi connectivity index (χ4n) is 2.44. The van der Waals surface area contributed by atoms with Crippen molar-refractivity contribution in [2.45, 2.75) is 42.6 Å². The van der Waals surface area contributed by atoms with Gasteiger partial charge in [-0.1, -0.05) is 6.42 Å². The maximum Gasteiger partial charge on any atom is 0.306 e. The number of carboxylic acid groups (broad SMARTS) is 1. The zero-order valence-corrected chi connectivity index (χ0v) is 8.26. The van der Waals surface area contributed by atoms with Crippen LogP contribution in [0.1, 0.15) is 32.1 Å². The Bertz CT molecular complexity index is 235. The summed E-state index contributed by atoms with van der Waals surface area (Å²) in [5.74, 6) is -0.929. The number of carboxylic acids is 1. The van der Waals surface area contributed by atoms with Crippen LogP contribution in [0.3, 0.4) is 0 Å². The standard InChI is InChI=1S/C9H14O3S/c10-9(11)6-4-7-2-1-3-8(5-6)13(7)12/h6-8H,1-5H2,(H,10,11). The van der Waals surface area contributed by atoms with Crippen LogP contribution in [-0.2, 0) is 15.6 Å². The van der Waals surface area contributed by atoms with E-state index in [0.29, 0.717) is 12.8 Å². The fraction of sp³-hybridized carbons (Fsp3) is 0.889. The first-order chi connectivity index (χ1) is 6.18. The highest BCUT2D eigenvalue weighted by atomic mass is 32.2. The molecule has 3 nitrogen and oxygen atoms in total. The Morgan fingerprint density at radius 3 is 2.23 bits per heavy atom. The molecule has 2 unspecified atom stereocenters. The molecule has 2 atom stereocenters. The maximum atomic E-state index is 11.7. The Hall–Kier alpha value is -0.380. The molecule has 0 aliphatic carbocycles. The molecule has 2 saturated heterocycles. The molecule has 2 rings (SSSR count). The fourth-order valence-corrected chi connectivity index (χ4v) is 4.62. The first kappa shape index (κ1) is 9.19. The van der Waals surface area contributed by atoms with Crippen molar-refractivity contribution < 1.29 is 14.1 Å². The molecule has 74 valence electrons. The van der Waals surface area contributed by atoms with Gasteiger partial charge in [0.15, 0.2) is 0 Å². The lowest BCUT2D eigenvalue weighted by molar-refractivity contribution is -0.142. The average molecular weight is 202 g/mol. The number of hydrogen-bond acceptors (Lipinski definition) is 2. The Labute approximate surface area is 80.0 Å². The van der Waals surface area contributed by atoms with Gasteiger partial charge < -0.3 is 5.11 Å². The molecule has 2 heterocycles. The van der Waals surface area contributed by atoms with Crippen LogP contribution in [0, 0.1) is 5.92 Å². The molecule has 4 heteroatoms. The zero-order chi connectivity index (χ0) is 9.42. The molecule has 0 spiro atoms. The lowest BCUT2D eigenvalue weighted by Crippen LogP contribution is -2.41. The predicted octanol–water partition coefficient (Wildman–Crippen LogP) is 1.15. The second kappa shape index (κ2) is 3.40. The topological polar surface area (TPSA) is 54.4 Å². The van der Waals surface area contributed by atoms with Gasteiger partial charge in [-0.15, -0.1) is 0 Å². The van der Waals surface area contributed by atoms with Gasteiger partial charge in [-0.25, -0.2) is 0 Å². The summed E-state index contributed by atoms with van der Waals surface area (Å²) < 4.78 is 11.7. The number of rotatable bonds is 1. The summed E-state index contributed by atoms with van der Waals surface area (Å²) in [4.78, 5) is 10.8. The molecule has 0 radical (unpaired) electrons. The van der Waals surface area contributed by atoms with E-state index in [0.717, 1.165) is 19.3 Å². The molecular weight excluding hydrogens is 188 g/mol. The van der Waals surface area contributed by atoms with Gasteiger partial charge in [0, 0.05) is 21.3 Å². The second-order valence-electron chi connectivity index (χ2n) is 4.01. The van der Waals surface area contributed by atoms with E-state index in [2.05, 4.69) is 0 Å². The monoisotopic (exact) mass is 202 g/mol. The molecule has 13 heavy (non-hydrogen) atoms. The van der Waals surface area contributed by atoms with Crippen molar-refractivity contribution >= 4 is 16.8 Å². The molecule has 2 fully saturated rings. The van der Waals surface area contributed by atoms with Gasteiger partial charge in [0.25, 0.3) is 0 Å². The average Bonchev–Trinajstić information content (AvgIpc) is 2.02. The highest BCUT2D eigenvalue weighted by molar-refractivity contribution is 7.86. The molecule has 2 bridgehead atoms. The van der Waals surface area contributed by atoms with Crippen molar-refractivity contribution in [2.75, 3.05) is 0 Å². The Kier molecular flexibility index (Phi) is 2.41. The number of carbonyl (C=O) groups is 1. The summed E-state index contributed by atoms with van der Waals surface area (Å²) in [5, 5.41) is 9.23. The van der Waals surface area contributed by atoms with Gasteiger partial charge in [-0.05, 0) is 25.7 Å². The molecule has 1 N–H and O–H groups in total. The summed E-state index contributed by atoms with van der Waals surface area (Å²) in [6.07, 6.45) is 4.34. The van der Waals surface area contributed by atoms with E-state index in [-0.39, 0.29) is 16.4 Å². The Morgan fingerprint density at radius 2 is 1.77 bits per heavy atom. The molecular formula is C9H14O3S. The highest BCUT2D eigenvalue weighted by Crippen LogP contribution is 2.36. The normalized spacial score (nSPS) is 44.3. The minimum atomic E-state index is -0.737. The van der Waals surface area contributed by atoms with Crippen LogP contribution in [-0.4, -0.2) is 25.8 Å². The summed E-state index contributed by atoms with van der Waals surface area (Å²) in [7, 11) is -0.737. The lowest BCUT2D eigenvalue weighted by Gasteiger charge is -2.36. The maximum absolute atomic E-state index is 11.7. The largest absolute Gasteiger partial charge is 0.481 e. The van der Waals surface area contributed by atoms with Crippen molar-refractivity contribution in [1.82, 2.24) is 0 Å². The Balaban J connectivity index is 2.11. The highest BCUT2D eigenvalue weighted by Gasteiger charge is 2.40. The van der Waals surface area contributed by atoms with Crippen LogP contribution in [0.4, 0.5) is 0 Å². The molecule has 0 amide bonds. The van der Waals surface area contributed by atoms with E-state index in [1.54, 1.807) is 0 Å². The van der Waals surface area contributed by atoms with Crippen molar-refractivity contribution in [3.05, 3.63) is 0 Å². The smallest absolute Gasteiger partial charge is 0.306 e. The molecule has 2 aliphatic heterocycles. The third-order valence-electron chi connectivity index (χ3n) is 3.15. The second-order valence-corrected chi connectivity index (χ2v) is 6.00. The van der Waals surface area contributed by atoms with Gasteiger partial charge in [0.05, 0.1) is 5.92 Å². The summed E-state index contributed by atoms with van der Waals surface area (Å²) in [6, 6.07) is 0. The van der Waals surface area contributed by atoms with Crippen LogP contribution < -0.4 is 0 Å². The third kappa shape index (κ3) is 1.64. The third-order valence-corrected chi connectivity index (χ3v) is 5.32. The van der Waals surface area contributed by atoms with Gasteiger partial charge in [-0.2, -0.15) is 0 Å². The predicted molar refractivity (Wildman–Crippen MR) is 49.9 cm³/mol. The number of fused-ring (bicyclic) bond motifs is 2. The Morgan fingerprint density at radius 1 is 1.23 bits per heavy atom. The lowest BCUT2D eigenvalue weighted by atomic mass is 9.90. The van der Waals surface area contributed by atoms with Crippen molar-refractivity contribution in [2.24, 2.45) is 5.92 Å². The summed E-state index contributed by atoms with van der Waals surface area (Å²) in [5.41, 5.74) is 0. The van der Waals surface area contributed by atoms with Gasteiger partial charge in [0.2, 0.25) is 0 Å². The van der Waals surface area contributed by atoms with E-state index in [9.17, 15) is 9.00 Å². The van der Waals surface area contributed by atoms with E-state index in [1.807, 2.05) is 0 Å². The van der Waals surface area contributed by atoms with Gasteiger partial charge >= 0.3 is 5.97 Å². The van der Waals surface area contributed by atoms with Crippen LogP contribution in [0.2, 0.25) is 0 Å². The minimum Gasteiger partial charge on any atom is -0.481 e. The molecule has 0 saturated carbocycles. The van der Waals surface area contributed by atoms with Crippen LogP contribution >= 0.6 is 0 Å². The summed E-state index contributed by atoms with van der Waals surface area (Å²) in [6.45, 7) is 0. The van der Waals surface area contributed by atoms with Crippen molar-refractivity contribution in [1.29, 1.82) is 0 Å². The number of aliphatic carboxylic acids is 1. The molecule has 0 aromatic rings. The summed E-state index contributed by atoms with van der Waals surface area (Å²) >= 11 is 0. The zero-order valence-electron chi connectivity index (χ0n) is 7.44. The van der Waals surface area contributed by atoms with Crippen molar-refractivity contribution in [3.8, 4) is 0 Å². The van der Waals surface area contributed by atoms with E-state index in [4.69, 9.17) is 5.11 Å².